The van der Waals surface area contributed by atoms with Crippen molar-refractivity contribution in [2.45, 2.75) is 10.9 Å². The molecule has 0 saturated carbocycles. The number of esters is 1. The fraction of sp³-hybridized carbons (Fsp3) is 0.333. The third kappa shape index (κ3) is 4.46. The van der Waals surface area contributed by atoms with Gasteiger partial charge in [-0.25, -0.2) is 13.2 Å². The Bertz CT molecular complexity index is 1040. The Morgan fingerprint density at radius 3 is 2.30 bits per heavy atom. The van der Waals surface area contributed by atoms with Crippen molar-refractivity contribution in [1.82, 2.24) is 9.21 Å². The molecule has 0 bridgehead atoms. The normalized spacial score (nSPS) is 16.4. The minimum absolute atomic E-state index is 0.0471. The first-order valence-electron chi connectivity index (χ1n) is 9.37. The van der Waals surface area contributed by atoms with Crippen LogP contribution in [-0.4, -0.2) is 64.0 Å². The van der Waals surface area contributed by atoms with Gasteiger partial charge in [0.15, 0.2) is 0 Å². The van der Waals surface area contributed by atoms with Crippen LogP contribution in [0.4, 0.5) is 0 Å². The van der Waals surface area contributed by atoms with E-state index in [1.807, 2.05) is 17.0 Å². The minimum Gasteiger partial charge on any atom is -0.497 e. The number of ether oxygens (including phenoxy) is 2. The predicted octanol–water partition coefficient (Wildman–Crippen LogP) is 2.05. The van der Waals surface area contributed by atoms with Crippen LogP contribution in [0.2, 0.25) is 0 Å². The van der Waals surface area contributed by atoms with Gasteiger partial charge in [-0.1, -0.05) is 18.2 Å². The minimum atomic E-state index is -3.76. The fourth-order valence-corrected chi connectivity index (χ4v) is 4.87. The molecule has 30 heavy (non-hydrogen) atoms. The van der Waals surface area contributed by atoms with E-state index in [2.05, 4.69) is 10.8 Å². The molecule has 1 heterocycles. The molecule has 3 rings (SSSR count). The molecular formula is C21H23N3O5S. The second-order valence-corrected chi connectivity index (χ2v) is 8.70. The number of hydrogen-bond donors (Lipinski definition) is 0. The van der Waals surface area contributed by atoms with E-state index in [1.54, 1.807) is 19.2 Å². The first kappa shape index (κ1) is 21.8. The second-order valence-electron chi connectivity index (χ2n) is 6.76. The highest BCUT2D eigenvalue weighted by atomic mass is 32.2. The van der Waals surface area contributed by atoms with Gasteiger partial charge in [0.2, 0.25) is 10.0 Å². The van der Waals surface area contributed by atoms with Crippen LogP contribution < -0.4 is 4.74 Å². The summed E-state index contributed by atoms with van der Waals surface area (Å²) >= 11 is 0. The van der Waals surface area contributed by atoms with E-state index in [4.69, 9.17) is 4.74 Å². The molecule has 1 fully saturated rings. The third-order valence-electron chi connectivity index (χ3n) is 5.09. The van der Waals surface area contributed by atoms with E-state index in [0.29, 0.717) is 18.8 Å². The molecule has 2 aromatic rings. The van der Waals surface area contributed by atoms with Crippen molar-refractivity contribution in [3.63, 3.8) is 0 Å². The molecule has 1 aliphatic rings. The molecule has 0 aliphatic carbocycles. The van der Waals surface area contributed by atoms with Gasteiger partial charge in [0.05, 0.1) is 30.7 Å². The van der Waals surface area contributed by atoms with Crippen molar-refractivity contribution in [2.75, 3.05) is 40.4 Å². The number of carbonyl (C=O) groups excluding carboxylic acids is 1. The average molecular weight is 429 g/mol. The number of carbonyl (C=O) groups is 1. The number of benzene rings is 2. The second kappa shape index (κ2) is 9.26. The number of methoxy groups -OCH3 is 2. The highest BCUT2D eigenvalue weighted by molar-refractivity contribution is 7.89. The van der Waals surface area contributed by atoms with Crippen molar-refractivity contribution in [1.29, 1.82) is 5.26 Å². The Hall–Kier alpha value is -2.93. The van der Waals surface area contributed by atoms with Gasteiger partial charge in [-0.2, -0.15) is 9.57 Å². The lowest BCUT2D eigenvalue weighted by Gasteiger charge is -2.36. The monoisotopic (exact) mass is 429 g/mol. The summed E-state index contributed by atoms with van der Waals surface area (Å²) < 4.78 is 37.2. The number of rotatable bonds is 6. The van der Waals surface area contributed by atoms with Gasteiger partial charge in [0.25, 0.3) is 0 Å². The van der Waals surface area contributed by atoms with Crippen LogP contribution in [0.15, 0.2) is 53.4 Å². The van der Waals surface area contributed by atoms with Crippen molar-refractivity contribution in [2.24, 2.45) is 0 Å². The maximum absolute atomic E-state index is 13.0. The first-order chi connectivity index (χ1) is 14.4. The lowest BCUT2D eigenvalue weighted by atomic mass is 10.1. The zero-order valence-electron chi connectivity index (χ0n) is 16.8. The van der Waals surface area contributed by atoms with Crippen LogP contribution in [0.1, 0.15) is 22.0 Å². The number of sulfonamides is 1. The van der Waals surface area contributed by atoms with Crippen molar-refractivity contribution >= 4 is 16.0 Å². The van der Waals surface area contributed by atoms with Crippen molar-refractivity contribution in [3.8, 4) is 11.8 Å². The predicted molar refractivity (Wildman–Crippen MR) is 109 cm³/mol. The van der Waals surface area contributed by atoms with Gasteiger partial charge in [0.1, 0.15) is 11.8 Å². The molecule has 0 aromatic heterocycles. The molecule has 0 unspecified atom stereocenters. The molecule has 8 nitrogen and oxygen atoms in total. The summed E-state index contributed by atoms with van der Waals surface area (Å²) in [6, 6.07) is 14.9. The molecule has 0 amide bonds. The molecule has 0 N–H and O–H groups in total. The van der Waals surface area contributed by atoms with Crippen molar-refractivity contribution in [3.05, 3.63) is 59.7 Å². The summed E-state index contributed by atoms with van der Waals surface area (Å²) in [5.74, 6) is 0.119. The van der Waals surface area contributed by atoms with E-state index < -0.39 is 22.0 Å². The highest BCUT2D eigenvalue weighted by Crippen LogP contribution is 2.26. The highest BCUT2D eigenvalue weighted by Gasteiger charge is 2.32. The number of piperazine rings is 1. The zero-order valence-corrected chi connectivity index (χ0v) is 17.6. The van der Waals surface area contributed by atoms with Crippen LogP contribution in [0.3, 0.4) is 0 Å². The van der Waals surface area contributed by atoms with Gasteiger partial charge < -0.3 is 9.47 Å². The van der Waals surface area contributed by atoms with Crippen LogP contribution in [0, 0.1) is 11.3 Å². The molecule has 9 heteroatoms. The number of nitriles is 1. The molecule has 1 atom stereocenters. The van der Waals surface area contributed by atoms with Gasteiger partial charge in [-0.15, -0.1) is 0 Å². The summed E-state index contributed by atoms with van der Waals surface area (Å²) in [5.41, 5.74) is 1.02. The summed E-state index contributed by atoms with van der Waals surface area (Å²) in [7, 11) is -0.928. The molecule has 0 radical (unpaired) electrons. The molecule has 2 aromatic carbocycles. The lowest BCUT2D eigenvalue weighted by Crippen LogP contribution is -2.49. The summed E-state index contributed by atoms with van der Waals surface area (Å²) in [6.45, 7) is 1.33. The van der Waals surface area contributed by atoms with Crippen LogP contribution in [0.5, 0.6) is 5.75 Å². The van der Waals surface area contributed by atoms with Gasteiger partial charge in [0, 0.05) is 26.2 Å². The van der Waals surface area contributed by atoms with Gasteiger partial charge in [-0.3, -0.25) is 4.90 Å². The summed E-state index contributed by atoms with van der Waals surface area (Å²) in [5, 5.41) is 9.67. The van der Waals surface area contributed by atoms with Crippen LogP contribution >= 0.6 is 0 Å². The van der Waals surface area contributed by atoms with Crippen LogP contribution in [-0.2, 0) is 14.8 Å². The summed E-state index contributed by atoms with van der Waals surface area (Å²) in [4.78, 5) is 13.7. The molecular weight excluding hydrogens is 406 g/mol. The Morgan fingerprint density at radius 1 is 1.07 bits per heavy atom. The summed E-state index contributed by atoms with van der Waals surface area (Å²) in [6.07, 6.45) is 0. The maximum Gasteiger partial charge on any atom is 0.337 e. The molecule has 1 aliphatic heterocycles. The van der Waals surface area contributed by atoms with Gasteiger partial charge in [-0.05, 0) is 35.9 Å². The Morgan fingerprint density at radius 2 is 1.73 bits per heavy atom. The largest absolute Gasteiger partial charge is 0.497 e. The molecule has 158 valence electrons. The Kier molecular flexibility index (Phi) is 6.72. The van der Waals surface area contributed by atoms with E-state index in [0.717, 1.165) is 5.56 Å². The molecule has 1 saturated heterocycles. The number of hydrogen-bond acceptors (Lipinski definition) is 7. The van der Waals surface area contributed by atoms with Crippen LogP contribution in [0.25, 0.3) is 0 Å². The zero-order chi connectivity index (χ0) is 21.7. The average Bonchev–Trinajstić information content (AvgIpc) is 2.80. The van der Waals surface area contributed by atoms with Crippen molar-refractivity contribution < 1.29 is 22.7 Å². The van der Waals surface area contributed by atoms with E-state index in [1.165, 1.54) is 35.7 Å². The standard InChI is InChI=1S/C21H23N3O5S/c1-28-18-8-6-16(7-9-18)20(15-22)23-10-12-24(13-11-23)30(26,27)19-5-3-4-17(14-19)21(25)29-2/h3-9,14,20H,10-13H2,1-2H3/t20-/m1/s1. The SMILES string of the molecule is COC(=O)c1cccc(S(=O)(=O)N2CCN([C@H](C#N)c3ccc(OC)cc3)CC2)c1. The Labute approximate surface area is 176 Å². The topological polar surface area (TPSA) is 99.9 Å². The van der Waals surface area contributed by atoms with E-state index in [-0.39, 0.29) is 23.5 Å². The first-order valence-corrected chi connectivity index (χ1v) is 10.8. The number of nitrogens with zero attached hydrogens (tertiary/aromatic N) is 3. The quantitative estimate of drug-likeness (QED) is 0.648. The Balaban J connectivity index is 1.72. The van der Waals surface area contributed by atoms with E-state index in [9.17, 15) is 18.5 Å². The van der Waals surface area contributed by atoms with E-state index >= 15 is 0 Å². The lowest BCUT2D eigenvalue weighted by molar-refractivity contribution is 0.0600. The van der Waals surface area contributed by atoms with Gasteiger partial charge >= 0.3 is 5.97 Å². The fourth-order valence-electron chi connectivity index (χ4n) is 3.41. The molecule has 0 spiro atoms. The smallest absolute Gasteiger partial charge is 0.337 e. The maximum atomic E-state index is 13.0. The third-order valence-corrected chi connectivity index (χ3v) is 6.98.